The zero-order chi connectivity index (χ0) is 41.5. The van der Waals surface area contributed by atoms with E-state index in [1.807, 2.05) is 0 Å². The van der Waals surface area contributed by atoms with Gasteiger partial charge >= 0.3 is 0 Å². The summed E-state index contributed by atoms with van der Waals surface area (Å²) in [6.45, 7) is 0. The van der Waals surface area contributed by atoms with E-state index in [0.29, 0.717) is 0 Å². The molecule has 1 unspecified atom stereocenters. The largest absolute Gasteiger partial charge is 0.0622 e. The molecular weight excluding hydrogens is 745 g/mol. The average Bonchev–Trinajstić information content (AvgIpc) is 3.36. The third kappa shape index (κ3) is 8.60. The normalized spacial score (nSPS) is 13.5. The highest BCUT2D eigenvalue weighted by Gasteiger charge is 2.20. The molecule has 62 heavy (non-hydrogen) atoms. The maximum absolute atomic E-state index is 2.37. The Morgan fingerprint density at radius 1 is 0.226 bits per heavy atom. The van der Waals surface area contributed by atoms with Gasteiger partial charge < -0.3 is 0 Å². The SMILES string of the molecule is c1ccc(-c2ccc(C(c3ccc(-c4ccccc4)cc3)c3ccc(-c4ccc(C(c5ccccc5)c5ccc(-c6ccc(C7CCCCC7)cc6)cc5)cc4)cc3)cc2)cc1. The van der Waals surface area contributed by atoms with E-state index in [9.17, 15) is 0 Å². The van der Waals surface area contributed by atoms with Crippen molar-refractivity contribution in [3.8, 4) is 44.5 Å². The number of hydrogen-bond donors (Lipinski definition) is 0. The molecule has 0 spiro atoms. The van der Waals surface area contributed by atoms with Crippen LogP contribution in [0, 0.1) is 0 Å². The van der Waals surface area contributed by atoms with Crippen molar-refractivity contribution in [2.45, 2.75) is 49.9 Å². The zero-order valence-electron chi connectivity index (χ0n) is 35.3. The van der Waals surface area contributed by atoms with Crippen molar-refractivity contribution in [2.24, 2.45) is 0 Å². The van der Waals surface area contributed by atoms with E-state index in [2.05, 4.69) is 237 Å². The third-order valence-electron chi connectivity index (χ3n) is 13.2. The van der Waals surface area contributed by atoms with Gasteiger partial charge in [0.15, 0.2) is 0 Å². The smallest absolute Gasteiger partial charge is 0.0340 e. The second kappa shape index (κ2) is 18.3. The van der Waals surface area contributed by atoms with Gasteiger partial charge in [0.1, 0.15) is 0 Å². The maximum atomic E-state index is 2.37. The molecule has 1 aliphatic rings. The van der Waals surface area contributed by atoms with Crippen molar-refractivity contribution < 1.29 is 0 Å². The first-order valence-corrected chi connectivity index (χ1v) is 22.5. The Labute approximate surface area is 368 Å². The molecule has 0 saturated heterocycles. The van der Waals surface area contributed by atoms with E-state index in [1.54, 1.807) is 0 Å². The molecule has 0 nitrogen and oxygen atoms in total. The summed E-state index contributed by atoms with van der Waals surface area (Å²) >= 11 is 0. The zero-order valence-corrected chi connectivity index (χ0v) is 35.3. The lowest BCUT2D eigenvalue weighted by Crippen LogP contribution is -2.04. The van der Waals surface area contributed by atoms with Gasteiger partial charge in [-0.2, -0.15) is 0 Å². The van der Waals surface area contributed by atoms with E-state index in [1.165, 1.54) is 116 Å². The van der Waals surface area contributed by atoms with Gasteiger partial charge in [0.05, 0.1) is 0 Å². The molecule has 1 saturated carbocycles. The first kappa shape index (κ1) is 39.1. The molecule has 0 radical (unpaired) electrons. The van der Waals surface area contributed by atoms with Gasteiger partial charge in [-0.15, -0.1) is 0 Å². The number of hydrogen-bond acceptors (Lipinski definition) is 0. The second-order valence-corrected chi connectivity index (χ2v) is 17.1. The Hall–Kier alpha value is -7.02. The molecule has 9 aromatic rings. The van der Waals surface area contributed by atoms with Crippen LogP contribution in [-0.2, 0) is 0 Å². The monoisotopic (exact) mass is 796 g/mol. The molecule has 300 valence electrons. The van der Waals surface area contributed by atoms with Crippen LogP contribution in [0.15, 0.2) is 237 Å². The van der Waals surface area contributed by atoms with E-state index in [-0.39, 0.29) is 11.8 Å². The second-order valence-electron chi connectivity index (χ2n) is 17.1. The summed E-state index contributed by atoms with van der Waals surface area (Å²) in [7, 11) is 0. The lowest BCUT2D eigenvalue weighted by atomic mass is 9.82. The van der Waals surface area contributed by atoms with Gasteiger partial charge in [0.25, 0.3) is 0 Å². The van der Waals surface area contributed by atoms with Crippen LogP contribution < -0.4 is 0 Å². The first-order chi connectivity index (χ1) is 30.7. The highest BCUT2D eigenvalue weighted by Crippen LogP contribution is 2.38. The van der Waals surface area contributed by atoms with Crippen LogP contribution >= 0.6 is 0 Å². The number of rotatable bonds is 11. The fourth-order valence-corrected chi connectivity index (χ4v) is 9.79. The lowest BCUT2D eigenvalue weighted by molar-refractivity contribution is 0.443. The van der Waals surface area contributed by atoms with Crippen molar-refractivity contribution in [3.05, 3.63) is 276 Å². The molecule has 1 aliphatic carbocycles. The van der Waals surface area contributed by atoms with Crippen LogP contribution in [0.4, 0.5) is 0 Å². The quantitative estimate of drug-likeness (QED) is 0.114. The Bertz CT molecular complexity index is 2700. The van der Waals surface area contributed by atoms with Crippen LogP contribution in [0.2, 0.25) is 0 Å². The Balaban J connectivity index is 0.914. The first-order valence-electron chi connectivity index (χ1n) is 22.5. The molecule has 0 N–H and O–H groups in total. The van der Waals surface area contributed by atoms with Crippen LogP contribution in [0.25, 0.3) is 44.5 Å². The Kier molecular flexibility index (Phi) is 11.6. The predicted molar refractivity (Wildman–Crippen MR) is 262 cm³/mol. The van der Waals surface area contributed by atoms with Crippen LogP contribution in [0.3, 0.4) is 0 Å². The summed E-state index contributed by atoms with van der Waals surface area (Å²) in [6.07, 6.45) is 6.79. The fraction of sp³-hybridized carbons (Fsp3) is 0.129. The highest BCUT2D eigenvalue weighted by molar-refractivity contribution is 5.69. The van der Waals surface area contributed by atoms with Gasteiger partial charge in [-0.3, -0.25) is 0 Å². The van der Waals surface area contributed by atoms with Gasteiger partial charge in [0, 0.05) is 11.8 Å². The minimum Gasteiger partial charge on any atom is -0.0622 e. The highest BCUT2D eigenvalue weighted by atomic mass is 14.2. The summed E-state index contributed by atoms with van der Waals surface area (Å²) in [6, 6.07) is 87.6. The molecule has 10 rings (SSSR count). The summed E-state index contributed by atoms with van der Waals surface area (Å²) in [5.41, 5.74) is 19.1. The molecule has 0 aromatic heterocycles. The van der Waals surface area contributed by atoms with Gasteiger partial charge in [-0.05, 0) is 102 Å². The summed E-state index contributed by atoms with van der Waals surface area (Å²) in [5.74, 6) is 0.964. The minimum absolute atomic E-state index is 0.0972. The van der Waals surface area contributed by atoms with E-state index in [0.717, 1.165) is 5.92 Å². The lowest BCUT2D eigenvalue weighted by Gasteiger charge is -2.22. The van der Waals surface area contributed by atoms with Crippen LogP contribution in [-0.4, -0.2) is 0 Å². The Morgan fingerprint density at radius 3 is 0.774 bits per heavy atom. The van der Waals surface area contributed by atoms with E-state index >= 15 is 0 Å². The average molecular weight is 797 g/mol. The molecule has 0 heterocycles. The van der Waals surface area contributed by atoms with Crippen molar-refractivity contribution in [2.75, 3.05) is 0 Å². The van der Waals surface area contributed by atoms with E-state index < -0.39 is 0 Å². The van der Waals surface area contributed by atoms with Gasteiger partial charge in [0.2, 0.25) is 0 Å². The summed E-state index contributed by atoms with van der Waals surface area (Å²) < 4.78 is 0. The molecule has 0 amide bonds. The maximum Gasteiger partial charge on any atom is 0.0340 e. The third-order valence-corrected chi connectivity index (χ3v) is 13.2. The van der Waals surface area contributed by atoms with Crippen molar-refractivity contribution in [1.82, 2.24) is 0 Å². The standard InChI is InChI=1S/C62H52/c1-5-13-45(14-6-1)48-21-23-51(24-22-48)52-29-39-56(40-30-52)61(55-19-11-4-12-20-55)57-41-31-53(32-42-57)54-33-43-60(44-34-54)62(58-35-25-49(26-36-58)46-15-7-2-8-16-46)59-37-27-50(28-38-59)47-17-9-3-10-18-47/h2-4,7-12,15-45,61-62H,1,5-6,13-14H2. The topological polar surface area (TPSA) is 0 Å². The molecule has 9 aromatic carbocycles. The molecule has 0 aliphatic heterocycles. The van der Waals surface area contributed by atoms with E-state index in [4.69, 9.17) is 0 Å². The Morgan fingerprint density at radius 2 is 0.468 bits per heavy atom. The van der Waals surface area contributed by atoms with Crippen molar-refractivity contribution in [1.29, 1.82) is 0 Å². The molecule has 1 atom stereocenters. The summed E-state index contributed by atoms with van der Waals surface area (Å²) in [4.78, 5) is 0. The minimum atomic E-state index is 0.0972. The molecular formula is C62H52. The van der Waals surface area contributed by atoms with Crippen LogP contribution in [0.1, 0.15) is 88.8 Å². The van der Waals surface area contributed by atoms with Crippen molar-refractivity contribution >= 4 is 0 Å². The molecule has 0 heteroatoms. The number of benzene rings is 9. The van der Waals surface area contributed by atoms with Crippen LogP contribution in [0.5, 0.6) is 0 Å². The molecule has 1 fully saturated rings. The van der Waals surface area contributed by atoms with Gasteiger partial charge in [-0.25, -0.2) is 0 Å². The van der Waals surface area contributed by atoms with Crippen molar-refractivity contribution in [3.63, 3.8) is 0 Å². The van der Waals surface area contributed by atoms with Gasteiger partial charge in [-0.1, -0.05) is 256 Å². The predicted octanol–water partition coefficient (Wildman–Crippen LogP) is 16.8. The fourth-order valence-electron chi connectivity index (χ4n) is 9.79. The molecule has 0 bridgehead atoms. The summed E-state index contributed by atoms with van der Waals surface area (Å²) in [5, 5.41) is 0.